The van der Waals surface area contributed by atoms with Gasteiger partial charge in [-0.25, -0.2) is 0 Å². The third kappa shape index (κ3) is 5.23. The molecule has 2 N–H and O–H groups in total. The molecule has 1 atom stereocenters. The fourth-order valence-electron chi connectivity index (χ4n) is 3.34. The summed E-state index contributed by atoms with van der Waals surface area (Å²) in [5, 5.41) is 7.32. The second kappa shape index (κ2) is 9.60. The molecule has 0 saturated carbocycles. The highest BCUT2D eigenvalue weighted by molar-refractivity contribution is 5.54. The van der Waals surface area contributed by atoms with Gasteiger partial charge in [-0.2, -0.15) is 0 Å². The van der Waals surface area contributed by atoms with Gasteiger partial charge in [0.1, 0.15) is 0 Å². The molecule has 4 heteroatoms. The minimum atomic E-state index is 0.396. The van der Waals surface area contributed by atoms with Crippen molar-refractivity contribution < 1.29 is 4.74 Å². The van der Waals surface area contributed by atoms with Crippen LogP contribution in [0.1, 0.15) is 19.4 Å². The SMILES string of the molecule is CC(C)[C@H](CNCc1ccccc1N1CCOCC1)Nc1ccccc1. The summed E-state index contributed by atoms with van der Waals surface area (Å²) in [5.74, 6) is 0.553. The zero-order valence-electron chi connectivity index (χ0n) is 15.9. The maximum Gasteiger partial charge on any atom is 0.0642 e. The molecule has 26 heavy (non-hydrogen) atoms. The second-order valence-electron chi connectivity index (χ2n) is 7.22. The van der Waals surface area contributed by atoms with Gasteiger partial charge in [0.25, 0.3) is 0 Å². The van der Waals surface area contributed by atoms with Gasteiger partial charge >= 0.3 is 0 Å². The van der Waals surface area contributed by atoms with Crippen LogP contribution in [-0.2, 0) is 11.3 Å². The maximum absolute atomic E-state index is 5.49. The Morgan fingerprint density at radius 1 is 0.962 bits per heavy atom. The van der Waals surface area contributed by atoms with Crippen molar-refractivity contribution in [2.75, 3.05) is 43.1 Å². The molecule has 0 radical (unpaired) electrons. The zero-order valence-corrected chi connectivity index (χ0v) is 15.9. The van der Waals surface area contributed by atoms with Gasteiger partial charge in [-0.15, -0.1) is 0 Å². The van der Waals surface area contributed by atoms with Gasteiger partial charge in [0.15, 0.2) is 0 Å². The third-order valence-electron chi connectivity index (χ3n) is 4.95. The molecule has 0 amide bonds. The fourth-order valence-corrected chi connectivity index (χ4v) is 3.34. The largest absolute Gasteiger partial charge is 0.381 e. The van der Waals surface area contributed by atoms with E-state index in [0.717, 1.165) is 39.4 Å². The molecule has 2 aromatic carbocycles. The van der Waals surface area contributed by atoms with Crippen molar-refractivity contribution in [1.82, 2.24) is 5.32 Å². The van der Waals surface area contributed by atoms with Crippen LogP contribution >= 0.6 is 0 Å². The molecule has 0 spiro atoms. The predicted molar refractivity (Wildman–Crippen MR) is 110 cm³/mol. The molecule has 1 aliphatic rings. The lowest BCUT2D eigenvalue weighted by molar-refractivity contribution is 0.122. The molecule has 0 aromatic heterocycles. The minimum Gasteiger partial charge on any atom is -0.381 e. The van der Waals surface area contributed by atoms with Crippen molar-refractivity contribution >= 4 is 11.4 Å². The Bertz CT molecular complexity index is 653. The van der Waals surface area contributed by atoms with Crippen LogP contribution < -0.4 is 15.5 Å². The molecular weight excluding hydrogens is 322 g/mol. The first-order valence-electron chi connectivity index (χ1n) is 9.67. The average Bonchev–Trinajstić information content (AvgIpc) is 2.69. The Hall–Kier alpha value is -2.04. The number of anilines is 2. The van der Waals surface area contributed by atoms with Crippen LogP contribution in [-0.4, -0.2) is 38.9 Å². The lowest BCUT2D eigenvalue weighted by atomic mass is 10.0. The summed E-state index contributed by atoms with van der Waals surface area (Å²) in [6, 6.07) is 19.6. The van der Waals surface area contributed by atoms with Crippen molar-refractivity contribution in [1.29, 1.82) is 0 Å². The van der Waals surface area contributed by atoms with Crippen molar-refractivity contribution in [2.24, 2.45) is 5.92 Å². The molecule has 0 bridgehead atoms. The molecule has 1 heterocycles. The topological polar surface area (TPSA) is 36.5 Å². The van der Waals surface area contributed by atoms with Crippen LogP contribution in [0.5, 0.6) is 0 Å². The lowest BCUT2D eigenvalue weighted by Crippen LogP contribution is -2.38. The summed E-state index contributed by atoms with van der Waals surface area (Å²) < 4.78 is 5.49. The van der Waals surface area contributed by atoms with Crippen LogP contribution in [0.25, 0.3) is 0 Å². The van der Waals surface area contributed by atoms with Crippen LogP contribution in [0.3, 0.4) is 0 Å². The number of benzene rings is 2. The molecule has 0 aliphatic carbocycles. The number of nitrogens with one attached hydrogen (secondary N) is 2. The normalized spacial score (nSPS) is 15.9. The Morgan fingerprint density at radius 2 is 1.65 bits per heavy atom. The third-order valence-corrected chi connectivity index (χ3v) is 4.95. The summed E-state index contributed by atoms with van der Waals surface area (Å²) in [7, 11) is 0. The van der Waals surface area contributed by atoms with Gasteiger partial charge in [0, 0.05) is 43.6 Å². The molecule has 2 aromatic rings. The van der Waals surface area contributed by atoms with E-state index in [1.54, 1.807) is 0 Å². The van der Waals surface area contributed by atoms with E-state index in [-0.39, 0.29) is 0 Å². The number of hydrogen-bond acceptors (Lipinski definition) is 4. The van der Waals surface area contributed by atoms with E-state index >= 15 is 0 Å². The molecule has 1 aliphatic heterocycles. The van der Waals surface area contributed by atoms with E-state index in [2.05, 4.69) is 84.0 Å². The van der Waals surface area contributed by atoms with Gasteiger partial charge < -0.3 is 20.3 Å². The van der Waals surface area contributed by atoms with E-state index in [1.807, 2.05) is 0 Å². The molecule has 1 fully saturated rings. The Kier molecular flexibility index (Phi) is 6.92. The molecule has 4 nitrogen and oxygen atoms in total. The van der Waals surface area contributed by atoms with Crippen molar-refractivity contribution in [3.8, 4) is 0 Å². The van der Waals surface area contributed by atoms with Crippen molar-refractivity contribution in [2.45, 2.75) is 26.4 Å². The molecule has 140 valence electrons. The molecular formula is C22H31N3O. The van der Waals surface area contributed by atoms with Crippen molar-refractivity contribution in [3.63, 3.8) is 0 Å². The Morgan fingerprint density at radius 3 is 2.38 bits per heavy atom. The highest BCUT2D eigenvalue weighted by Gasteiger charge is 2.16. The number of rotatable bonds is 8. The Labute approximate surface area is 157 Å². The molecule has 0 unspecified atom stereocenters. The smallest absolute Gasteiger partial charge is 0.0642 e. The number of ether oxygens (including phenoxy) is 1. The van der Waals surface area contributed by atoms with Crippen LogP contribution in [0.15, 0.2) is 54.6 Å². The number of nitrogens with zero attached hydrogens (tertiary/aromatic N) is 1. The van der Waals surface area contributed by atoms with Crippen LogP contribution in [0, 0.1) is 5.92 Å². The maximum atomic E-state index is 5.49. The zero-order chi connectivity index (χ0) is 18.2. The number of para-hydroxylation sites is 2. The van der Waals surface area contributed by atoms with Gasteiger partial charge in [-0.05, 0) is 29.7 Å². The van der Waals surface area contributed by atoms with E-state index in [4.69, 9.17) is 4.74 Å². The summed E-state index contributed by atoms with van der Waals surface area (Å²) in [5.41, 5.74) is 3.87. The Balaban J connectivity index is 1.57. The summed E-state index contributed by atoms with van der Waals surface area (Å²) in [6.07, 6.45) is 0. The highest BCUT2D eigenvalue weighted by Crippen LogP contribution is 2.21. The van der Waals surface area contributed by atoms with Crippen LogP contribution in [0.4, 0.5) is 11.4 Å². The van der Waals surface area contributed by atoms with Gasteiger partial charge in [-0.3, -0.25) is 0 Å². The van der Waals surface area contributed by atoms with Crippen molar-refractivity contribution in [3.05, 3.63) is 60.2 Å². The standard InChI is InChI=1S/C22H31N3O/c1-18(2)21(24-20-9-4-3-5-10-20)17-23-16-19-8-6-7-11-22(19)25-12-14-26-15-13-25/h3-11,18,21,23-24H,12-17H2,1-2H3/t21-/m0/s1. The van der Waals surface area contributed by atoms with Gasteiger partial charge in [-0.1, -0.05) is 50.2 Å². The van der Waals surface area contributed by atoms with E-state index in [9.17, 15) is 0 Å². The van der Waals surface area contributed by atoms with E-state index in [0.29, 0.717) is 12.0 Å². The monoisotopic (exact) mass is 353 g/mol. The van der Waals surface area contributed by atoms with Crippen LogP contribution in [0.2, 0.25) is 0 Å². The molecule has 3 rings (SSSR count). The predicted octanol–water partition coefficient (Wildman–Crippen LogP) is 3.75. The molecule has 1 saturated heterocycles. The summed E-state index contributed by atoms with van der Waals surface area (Å²) in [6.45, 7) is 9.93. The lowest BCUT2D eigenvalue weighted by Gasteiger charge is -2.31. The first-order chi connectivity index (χ1) is 12.7. The van der Waals surface area contributed by atoms with E-state index < -0.39 is 0 Å². The van der Waals surface area contributed by atoms with Gasteiger partial charge in [0.2, 0.25) is 0 Å². The second-order valence-corrected chi connectivity index (χ2v) is 7.22. The number of morpholine rings is 1. The van der Waals surface area contributed by atoms with Gasteiger partial charge in [0.05, 0.1) is 13.2 Å². The first-order valence-corrected chi connectivity index (χ1v) is 9.67. The average molecular weight is 354 g/mol. The van der Waals surface area contributed by atoms with E-state index in [1.165, 1.54) is 16.9 Å². The fraction of sp³-hybridized carbons (Fsp3) is 0.455. The summed E-state index contributed by atoms with van der Waals surface area (Å²) in [4.78, 5) is 2.43. The first kappa shape index (κ1) is 18.7. The summed E-state index contributed by atoms with van der Waals surface area (Å²) >= 11 is 0. The highest BCUT2D eigenvalue weighted by atomic mass is 16.5. The minimum absolute atomic E-state index is 0.396. The number of hydrogen-bond donors (Lipinski definition) is 2. The quantitative estimate of drug-likeness (QED) is 0.758.